The highest BCUT2D eigenvalue weighted by Crippen LogP contribution is 2.20. The summed E-state index contributed by atoms with van der Waals surface area (Å²) in [5.74, 6) is -0.594. The maximum atomic E-state index is 11.9. The summed E-state index contributed by atoms with van der Waals surface area (Å²) in [7, 11) is 0. The predicted octanol–water partition coefficient (Wildman–Crippen LogP) is 3.91. The number of aryl methyl sites for hydroxylation is 1. The van der Waals surface area contributed by atoms with Crippen LogP contribution in [0.2, 0.25) is 5.02 Å². The van der Waals surface area contributed by atoms with E-state index in [1.54, 1.807) is 24.3 Å². The van der Waals surface area contributed by atoms with Crippen molar-refractivity contribution >= 4 is 34.8 Å². The highest BCUT2D eigenvalue weighted by atomic mass is 35.5. The number of benzene rings is 2. The number of hydrogen-bond donors (Lipinski definition) is 2. The Morgan fingerprint density at radius 2 is 1.64 bits per heavy atom. The Kier molecular flexibility index (Phi) is 6.71. The minimum Gasteiger partial charge on any atom is -0.325 e. The summed E-state index contributed by atoms with van der Waals surface area (Å²) in [6, 6.07) is 14.8. The highest BCUT2D eigenvalue weighted by molar-refractivity contribution is 6.33. The first kappa shape index (κ1) is 18.7. The lowest BCUT2D eigenvalue weighted by Gasteiger charge is -2.07. The number of nitrogens with one attached hydrogen (secondary N) is 2. The van der Waals surface area contributed by atoms with Gasteiger partial charge in [0, 0.05) is 12.8 Å². The zero-order valence-corrected chi connectivity index (χ0v) is 14.9. The van der Waals surface area contributed by atoms with E-state index in [1.165, 1.54) is 0 Å². The SMILES string of the molecule is C/C(=N\NC(=O)CCC(=O)Nc1ccccc1Cl)c1ccc(C)cc1. The molecule has 0 heterocycles. The van der Waals surface area contributed by atoms with Gasteiger partial charge in [-0.15, -0.1) is 0 Å². The zero-order valence-electron chi connectivity index (χ0n) is 14.2. The molecule has 0 spiro atoms. The van der Waals surface area contributed by atoms with Gasteiger partial charge in [0.2, 0.25) is 11.8 Å². The van der Waals surface area contributed by atoms with Gasteiger partial charge in [0.25, 0.3) is 0 Å². The van der Waals surface area contributed by atoms with Crippen LogP contribution in [-0.2, 0) is 9.59 Å². The Balaban J connectivity index is 1.80. The first-order valence-electron chi connectivity index (χ1n) is 7.90. The fraction of sp³-hybridized carbons (Fsp3) is 0.211. The molecule has 0 unspecified atom stereocenters. The summed E-state index contributed by atoms with van der Waals surface area (Å²) in [5.41, 5.74) is 5.79. The van der Waals surface area contributed by atoms with E-state index in [0.29, 0.717) is 16.4 Å². The number of carbonyl (C=O) groups excluding carboxylic acids is 2. The zero-order chi connectivity index (χ0) is 18.2. The number of nitrogens with zero attached hydrogens (tertiary/aromatic N) is 1. The molecule has 0 aliphatic rings. The topological polar surface area (TPSA) is 70.6 Å². The normalized spacial score (nSPS) is 11.1. The molecule has 2 rings (SSSR count). The fourth-order valence-electron chi connectivity index (χ4n) is 2.06. The largest absolute Gasteiger partial charge is 0.325 e. The van der Waals surface area contributed by atoms with Crippen molar-refractivity contribution in [3.8, 4) is 0 Å². The number of rotatable bonds is 6. The van der Waals surface area contributed by atoms with Gasteiger partial charge in [-0.3, -0.25) is 9.59 Å². The number of hydrogen-bond acceptors (Lipinski definition) is 3. The number of hydrazone groups is 1. The minimum absolute atomic E-state index is 0.0426. The molecular formula is C19H20ClN3O2. The van der Waals surface area contributed by atoms with Crippen molar-refractivity contribution in [2.75, 3.05) is 5.32 Å². The molecular weight excluding hydrogens is 338 g/mol. The van der Waals surface area contributed by atoms with Gasteiger partial charge in [-0.25, -0.2) is 5.43 Å². The molecule has 0 aliphatic carbocycles. The standard InChI is InChI=1S/C19H20ClN3O2/c1-13-7-9-15(10-8-13)14(2)22-23-19(25)12-11-18(24)21-17-6-4-3-5-16(17)20/h3-10H,11-12H2,1-2H3,(H,21,24)(H,23,25)/b22-14+. The monoisotopic (exact) mass is 357 g/mol. The molecule has 130 valence electrons. The van der Waals surface area contributed by atoms with Crippen LogP contribution in [0, 0.1) is 6.92 Å². The Labute approximate surface area is 152 Å². The van der Waals surface area contributed by atoms with Crippen molar-refractivity contribution in [3.05, 3.63) is 64.7 Å². The van der Waals surface area contributed by atoms with E-state index in [0.717, 1.165) is 11.1 Å². The van der Waals surface area contributed by atoms with E-state index in [1.807, 2.05) is 38.1 Å². The van der Waals surface area contributed by atoms with Gasteiger partial charge < -0.3 is 5.32 Å². The van der Waals surface area contributed by atoms with Gasteiger partial charge in [0.15, 0.2) is 0 Å². The Bertz CT molecular complexity index is 786. The van der Waals surface area contributed by atoms with Gasteiger partial charge in [-0.1, -0.05) is 53.6 Å². The average molecular weight is 358 g/mol. The molecule has 0 saturated carbocycles. The third-order valence-corrected chi connectivity index (χ3v) is 3.87. The van der Waals surface area contributed by atoms with Crippen LogP contribution in [0.15, 0.2) is 53.6 Å². The fourth-order valence-corrected chi connectivity index (χ4v) is 2.25. The van der Waals surface area contributed by atoms with Gasteiger partial charge in [-0.05, 0) is 31.5 Å². The molecule has 0 aromatic heterocycles. The highest BCUT2D eigenvalue weighted by Gasteiger charge is 2.08. The summed E-state index contributed by atoms with van der Waals surface area (Å²) in [6.07, 6.45) is 0.0944. The van der Waals surface area contributed by atoms with Crippen molar-refractivity contribution in [3.63, 3.8) is 0 Å². The minimum atomic E-state index is -0.319. The smallest absolute Gasteiger partial charge is 0.240 e. The van der Waals surface area contributed by atoms with E-state index < -0.39 is 0 Å². The summed E-state index contributed by atoms with van der Waals surface area (Å²) >= 11 is 5.97. The van der Waals surface area contributed by atoms with Gasteiger partial charge >= 0.3 is 0 Å². The molecule has 0 fully saturated rings. The Morgan fingerprint density at radius 1 is 1.00 bits per heavy atom. The van der Waals surface area contributed by atoms with Crippen molar-refractivity contribution in [1.29, 1.82) is 0 Å². The molecule has 2 aromatic rings. The molecule has 0 saturated heterocycles. The van der Waals surface area contributed by atoms with E-state index in [9.17, 15) is 9.59 Å². The van der Waals surface area contributed by atoms with Gasteiger partial charge in [-0.2, -0.15) is 5.10 Å². The maximum Gasteiger partial charge on any atom is 0.240 e. The lowest BCUT2D eigenvalue weighted by Crippen LogP contribution is -2.21. The summed E-state index contributed by atoms with van der Waals surface area (Å²) in [4.78, 5) is 23.7. The van der Waals surface area contributed by atoms with Crippen LogP contribution in [0.4, 0.5) is 5.69 Å². The molecule has 5 nitrogen and oxygen atoms in total. The van der Waals surface area contributed by atoms with Crippen molar-refractivity contribution in [1.82, 2.24) is 5.43 Å². The lowest BCUT2D eigenvalue weighted by atomic mass is 10.1. The van der Waals surface area contributed by atoms with Crippen LogP contribution in [0.1, 0.15) is 30.9 Å². The molecule has 2 amide bonds. The van der Waals surface area contributed by atoms with E-state index >= 15 is 0 Å². The van der Waals surface area contributed by atoms with Crippen molar-refractivity contribution < 1.29 is 9.59 Å². The average Bonchev–Trinajstić information content (AvgIpc) is 2.60. The first-order chi connectivity index (χ1) is 12.0. The van der Waals surface area contributed by atoms with Crippen LogP contribution >= 0.6 is 11.6 Å². The first-order valence-corrected chi connectivity index (χ1v) is 8.28. The molecule has 0 aliphatic heterocycles. The van der Waals surface area contributed by atoms with Crippen LogP contribution in [0.5, 0.6) is 0 Å². The molecule has 6 heteroatoms. The molecule has 2 N–H and O–H groups in total. The maximum absolute atomic E-state index is 11.9. The lowest BCUT2D eigenvalue weighted by molar-refractivity contribution is -0.124. The second-order valence-corrected chi connectivity index (χ2v) is 6.03. The molecule has 0 radical (unpaired) electrons. The number of amides is 2. The third kappa shape index (κ3) is 6.04. The van der Waals surface area contributed by atoms with E-state index in [4.69, 9.17) is 11.6 Å². The number of anilines is 1. The van der Waals surface area contributed by atoms with Gasteiger partial charge in [0.1, 0.15) is 0 Å². The summed E-state index contributed by atoms with van der Waals surface area (Å²) in [6.45, 7) is 3.82. The quantitative estimate of drug-likeness (QED) is 0.607. The van der Waals surface area contributed by atoms with Crippen molar-refractivity contribution in [2.24, 2.45) is 5.10 Å². The second-order valence-electron chi connectivity index (χ2n) is 5.63. The van der Waals surface area contributed by atoms with Crippen LogP contribution in [-0.4, -0.2) is 17.5 Å². The van der Waals surface area contributed by atoms with Crippen LogP contribution < -0.4 is 10.7 Å². The summed E-state index contributed by atoms with van der Waals surface area (Å²) in [5, 5.41) is 7.20. The van der Waals surface area contributed by atoms with Crippen LogP contribution in [0.25, 0.3) is 0 Å². The molecule has 2 aromatic carbocycles. The number of carbonyl (C=O) groups is 2. The third-order valence-electron chi connectivity index (χ3n) is 3.54. The molecule has 0 bridgehead atoms. The Hall–Kier alpha value is -2.66. The predicted molar refractivity (Wildman–Crippen MR) is 101 cm³/mol. The van der Waals surface area contributed by atoms with E-state index in [2.05, 4.69) is 15.8 Å². The Morgan fingerprint density at radius 3 is 2.32 bits per heavy atom. The number of para-hydroxylation sites is 1. The molecule has 0 atom stereocenters. The van der Waals surface area contributed by atoms with Crippen molar-refractivity contribution in [2.45, 2.75) is 26.7 Å². The second kappa shape index (κ2) is 8.99. The number of halogens is 1. The summed E-state index contributed by atoms with van der Waals surface area (Å²) < 4.78 is 0. The van der Waals surface area contributed by atoms with Gasteiger partial charge in [0.05, 0.1) is 16.4 Å². The van der Waals surface area contributed by atoms with Crippen LogP contribution in [0.3, 0.4) is 0 Å². The molecule has 25 heavy (non-hydrogen) atoms. The van der Waals surface area contributed by atoms with E-state index in [-0.39, 0.29) is 24.7 Å².